The quantitative estimate of drug-likeness (QED) is 0.518. The number of nitrogens with two attached hydrogens (primary N) is 1. The molecule has 0 bridgehead atoms. The highest BCUT2D eigenvalue weighted by atomic mass is 16.5. The summed E-state index contributed by atoms with van der Waals surface area (Å²) in [5, 5.41) is 8.13. The molecule has 2 amide bonds. The molecule has 9 heteroatoms. The molecule has 0 radical (unpaired) electrons. The van der Waals surface area contributed by atoms with Crippen LogP contribution in [0.25, 0.3) is 0 Å². The van der Waals surface area contributed by atoms with Gasteiger partial charge in [-0.1, -0.05) is 12.1 Å². The van der Waals surface area contributed by atoms with Crippen LogP contribution in [0.5, 0.6) is 5.75 Å². The number of nitrogens with one attached hydrogen (secondary N) is 3. The monoisotopic (exact) mass is 333 g/mol. The zero-order valence-electron chi connectivity index (χ0n) is 13.2. The normalized spacial score (nSPS) is 11.7. The second-order valence-electron chi connectivity index (χ2n) is 5.12. The van der Waals surface area contributed by atoms with Crippen molar-refractivity contribution in [1.82, 2.24) is 20.5 Å². The average Bonchev–Trinajstić information content (AvgIpc) is 2.99. The van der Waals surface area contributed by atoms with Crippen LogP contribution in [0.2, 0.25) is 0 Å². The van der Waals surface area contributed by atoms with Gasteiger partial charge in [-0.25, -0.2) is 9.89 Å². The van der Waals surface area contributed by atoms with Gasteiger partial charge in [0.25, 0.3) is 5.91 Å². The number of aromatic nitrogens is 3. The lowest BCUT2D eigenvalue weighted by Crippen LogP contribution is -2.37. The number of benzene rings is 1. The summed E-state index contributed by atoms with van der Waals surface area (Å²) in [5.41, 5.74) is 5.71. The molecule has 0 unspecified atom stereocenters. The highest BCUT2D eigenvalue weighted by Crippen LogP contribution is 2.15. The topological polar surface area (TPSA) is 143 Å². The van der Waals surface area contributed by atoms with Gasteiger partial charge < -0.3 is 15.8 Å². The first-order valence-electron chi connectivity index (χ1n) is 7.43. The Morgan fingerprint density at radius 3 is 2.58 bits per heavy atom. The van der Waals surface area contributed by atoms with Gasteiger partial charge >= 0.3 is 5.69 Å². The number of ether oxygens (including phenoxy) is 1. The minimum absolute atomic E-state index is 0.0380. The van der Waals surface area contributed by atoms with Gasteiger partial charge in [0.15, 0.2) is 0 Å². The summed E-state index contributed by atoms with van der Waals surface area (Å²) >= 11 is 0. The molecule has 0 saturated heterocycles. The van der Waals surface area contributed by atoms with Gasteiger partial charge in [-0.15, -0.1) is 5.10 Å². The molecule has 0 fully saturated rings. The van der Waals surface area contributed by atoms with Crippen molar-refractivity contribution in [3.8, 4) is 5.75 Å². The van der Waals surface area contributed by atoms with Crippen LogP contribution in [-0.4, -0.2) is 40.1 Å². The van der Waals surface area contributed by atoms with Crippen LogP contribution in [0.1, 0.15) is 23.1 Å². The molecule has 5 N–H and O–H groups in total. The molecule has 2 aromatic rings. The van der Waals surface area contributed by atoms with Crippen molar-refractivity contribution >= 4 is 11.8 Å². The summed E-state index contributed by atoms with van der Waals surface area (Å²) in [6.07, 6.45) is 0.374. The Bertz CT molecular complexity index is 750. The molecule has 2 rings (SSSR count). The first-order chi connectivity index (χ1) is 11.5. The SMILES string of the molecule is CCOc1ccc(C[C@H](CNC(=O)c2n[nH]c(=O)[nH]2)C(N)=O)cc1. The van der Waals surface area contributed by atoms with E-state index in [-0.39, 0.29) is 12.4 Å². The van der Waals surface area contributed by atoms with Gasteiger partial charge in [-0.2, -0.15) is 0 Å². The molecule has 0 aliphatic rings. The van der Waals surface area contributed by atoms with Gasteiger partial charge in [0.05, 0.1) is 12.5 Å². The Labute approximate surface area is 137 Å². The van der Waals surface area contributed by atoms with E-state index in [1.165, 1.54) is 0 Å². The van der Waals surface area contributed by atoms with E-state index in [0.29, 0.717) is 13.0 Å². The van der Waals surface area contributed by atoms with Gasteiger partial charge in [-0.05, 0) is 31.0 Å². The number of rotatable bonds is 8. The molecular formula is C15H19N5O4. The highest BCUT2D eigenvalue weighted by Gasteiger charge is 2.19. The zero-order chi connectivity index (χ0) is 17.5. The fourth-order valence-corrected chi connectivity index (χ4v) is 2.12. The number of carbonyl (C=O) groups is 2. The Balaban J connectivity index is 1.95. The number of nitrogens with zero attached hydrogens (tertiary/aromatic N) is 1. The van der Waals surface area contributed by atoms with Crippen LogP contribution in [0.4, 0.5) is 0 Å². The molecule has 9 nitrogen and oxygen atoms in total. The van der Waals surface area contributed by atoms with E-state index in [4.69, 9.17) is 10.5 Å². The smallest absolute Gasteiger partial charge is 0.341 e. The number of aromatic amines is 2. The minimum atomic E-state index is -0.591. The molecule has 128 valence electrons. The molecule has 1 heterocycles. The number of hydrogen-bond acceptors (Lipinski definition) is 5. The molecule has 1 aromatic heterocycles. The standard InChI is InChI=1S/C15H19N5O4/c1-2-24-11-5-3-9(4-6-11)7-10(12(16)21)8-17-14(22)13-18-15(23)20-19-13/h3-6,10H,2,7-8H2,1H3,(H2,16,21)(H,17,22)(H2,18,19,20,23)/t10-/m1/s1. The Hall–Kier alpha value is -3.10. The van der Waals surface area contributed by atoms with Crippen LogP contribution in [-0.2, 0) is 11.2 Å². The molecule has 0 saturated carbocycles. The number of hydrogen-bond donors (Lipinski definition) is 4. The number of primary amides is 1. The maximum Gasteiger partial charge on any atom is 0.341 e. The highest BCUT2D eigenvalue weighted by molar-refractivity contribution is 5.90. The fraction of sp³-hybridized carbons (Fsp3) is 0.333. The maximum atomic E-state index is 11.8. The number of amides is 2. The third-order valence-electron chi connectivity index (χ3n) is 3.34. The van der Waals surface area contributed by atoms with Crippen molar-refractivity contribution < 1.29 is 14.3 Å². The van der Waals surface area contributed by atoms with Gasteiger partial charge in [0.2, 0.25) is 11.7 Å². The van der Waals surface area contributed by atoms with E-state index in [1.54, 1.807) is 0 Å². The Morgan fingerprint density at radius 2 is 2.04 bits per heavy atom. The van der Waals surface area contributed by atoms with E-state index in [1.807, 2.05) is 31.2 Å². The number of H-pyrrole nitrogens is 2. The van der Waals surface area contributed by atoms with Crippen molar-refractivity contribution in [3.05, 3.63) is 46.1 Å². The van der Waals surface area contributed by atoms with Crippen molar-refractivity contribution in [2.24, 2.45) is 11.7 Å². The third-order valence-corrected chi connectivity index (χ3v) is 3.34. The van der Waals surface area contributed by atoms with Crippen LogP contribution < -0.4 is 21.5 Å². The molecule has 24 heavy (non-hydrogen) atoms. The molecular weight excluding hydrogens is 314 g/mol. The average molecular weight is 333 g/mol. The molecule has 0 spiro atoms. The van der Waals surface area contributed by atoms with E-state index < -0.39 is 23.4 Å². The second kappa shape index (κ2) is 7.95. The minimum Gasteiger partial charge on any atom is -0.494 e. The molecule has 0 aliphatic heterocycles. The lowest BCUT2D eigenvalue weighted by atomic mass is 9.98. The fourth-order valence-electron chi connectivity index (χ4n) is 2.12. The van der Waals surface area contributed by atoms with E-state index in [9.17, 15) is 14.4 Å². The second-order valence-corrected chi connectivity index (χ2v) is 5.12. The predicted octanol–water partition coefficient (Wildman–Crippen LogP) is -0.429. The largest absolute Gasteiger partial charge is 0.494 e. The molecule has 1 aromatic carbocycles. The van der Waals surface area contributed by atoms with Crippen LogP contribution in [0, 0.1) is 5.92 Å². The summed E-state index contributed by atoms with van der Waals surface area (Å²) in [6, 6.07) is 7.30. The van der Waals surface area contributed by atoms with Crippen molar-refractivity contribution in [2.75, 3.05) is 13.2 Å². The third kappa shape index (κ3) is 4.70. The maximum absolute atomic E-state index is 11.8. The van der Waals surface area contributed by atoms with E-state index >= 15 is 0 Å². The van der Waals surface area contributed by atoms with Crippen molar-refractivity contribution in [3.63, 3.8) is 0 Å². The van der Waals surface area contributed by atoms with E-state index in [2.05, 4.69) is 20.5 Å². The lowest BCUT2D eigenvalue weighted by Gasteiger charge is -2.14. The van der Waals surface area contributed by atoms with Crippen LogP contribution in [0.3, 0.4) is 0 Å². The summed E-state index contributed by atoms with van der Waals surface area (Å²) in [5.74, 6) is -1.11. The van der Waals surface area contributed by atoms with Crippen molar-refractivity contribution in [2.45, 2.75) is 13.3 Å². The summed E-state index contributed by atoms with van der Waals surface area (Å²) < 4.78 is 5.36. The van der Waals surface area contributed by atoms with Gasteiger partial charge in [-0.3, -0.25) is 14.6 Å². The summed E-state index contributed by atoms with van der Waals surface area (Å²) in [4.78, 5) is 36.6. The van der Waals surface area contributed by atoms with Crippen LogP contribution in [0.15, 0.2) is 29.1 Å². The predicted molar refractivity (Wildman–Crippen MR) is 85.5 cm³/mol. The summed E-state index contributed by atoms with van der Waals surface area (Å²) in [7, 11) is 0. The first-order valence-corrected chi connectivity index (χ1v) is 7.43. The van der Waals surface area contributed by atoms with Gasteiger partial charge in [0.1, 0.15) is 5.75 Å². The van der Waals surface area contributed by atoms with Crippen molar-refractivity contribution in [1.29, 1.82) is 0 Å². The summed E-state index contributed by atoms with van der Waals surface area (Å²) in [6.45, 7) is 2.51. The zero-order valence-corrected chi connectivity index (χ0v) is 13.2. The van der Waals surface area contributed by atoms with Gasteiger partial charge in [0, 0.05) is 6.54 Å². The molecule has 1 atom stereocenters. The van der Waals surface area contributed by atoms with E-state index in [0.717, 1.165) is 11.3 Å². The lowest BCUT2D eigenvalue weighted by molar-refractivity contribution is -0.121. The Kier molecular flexibility index (Phi) is 5.72. The molecule has 0 aliphatic carbocycles. The first kappa shape index (κ1) is 17.3. The Morgan fingerprint density at radius 1 is 1.33 bits per heavy atom. The number of carbonyl (C=O) groups excluding carboxylic acids is 2. The van der Waals surface area contributed by atoms with Crippen LogP contribution >= 0.6 is 0 Å².